The van der Waals surface area contributed by atoms with Gasteiger partial charge in [0.2, 0.25) is 5.78 Å². The van der Waals surface area contributed by atoms with Gasteiger partial charge in [-0.15, -0.1) is 0 Å². The molecule has 0 unspecified atom stereocenters. The van der Waals surface area contributed by atoms with E-state index in [0.717, 1.165) is 0 Å². The monoisotopic (exact) mass is 94.0 g/mol. The van der Waals surface area contributed by atoms with Gasteiger partial charge in [0.1, 0.15) is 0 Å². The van der Waals surface area contributed by atoms with Crippen LogP contribution in [0.2, 0.25) is 0 Å². The summed E-state index contributed by atoms with van der Waals surface area (Å²) in [6.45, 7) is -3.01. The molecule has 0 aromatic rings. The molecule has 0 amide bonds. The van der Waals surface area contributed by atoms with Crippen molar-refractivity contribution in [3.05, 3.63) is 0 Å². The van der Waals surface area contributed by atoms with Crippen LogP contribution in [0.3, 0.4) is 0 Å². The number of hydrogen-bond donors (Lipinski definition) is 1. The highest BCUT2D eigenvalue weighted by molar-refractivity contribution is 6.31. The Morgan fingerprint density at radius 3 is 2.33 bits per heavy atom. The average molecular weight is 94.1 g/mol. The first-order chi connectivity index (χ1) is 3.85. The largest absolute Gasteiger partial charge is 0.476 e. The van der Waals surface area contributed by atoms with Gasteiger partial charge < -0.3 is 5.11 Å². The van der Waals surface area contributed by atoms with E-state index >= 15 is 0 Å². The summed E-state index contributed by atoms with van der Waals surface area (Å²) in [5, 5.41) is 7.81. The Labute approximate surface area is 38.8 Å². The molecule has 0 spiro atoms. The number of Topliss-reactive ketones (excluding diaryl/α,β-unsaturated/α-hetero) is 1. The molecule has 3 heteroatoms. The Morgan fingerprint density at radius 2 is 2.33 bits per heavy atom. The third-order valence-electron chi connectivity index (χ3n) is 0.194. The lowest BCUT2D eigenvalue weighted by molar-refractivity contribution is -0.148. The van der Waals surface area contributed by atoms with Crippen molar-refractivity contribution in [2.45, 2.75) is 6.85 Å². The van der Waals surface area contributed by atoms with Gasteiger partial charge in [-0.1, -0.05) is 0 Å². The van der Waals surface area contributed by atoms with Crippen molar-refractivity contribution in [3.63, 3.8) is 0 Å². The molecule has 0 bridgehead atoms. The summed E-state index contributed by atoms with van der Waals surface area (Å²) in [7, 11) is 0. The van der Waals surface area contributed by atoms with Crippen molar-refractivity contribution in [3.8, 4) is 0 Å². The number of carboxylic acid groups (broad SMARTS) is 1. The molecule has 0 aliphatic carbocycles. The minimum atomic E-state index is -3.01. The molecular weight excluding hydrogens is 87.0 g/mol. The summed E-state index contributed by atoms with van der Waals surface area (Å²) in [6.07, 6.45) is 0. The molecule has 3 nitrogen and oxygen atoms in total. The second kappa shape index (κ2) is 1.55. The van der Waals surface area contributed by atoms with Gasteiger partial charge in [-0.2, -0.15) is 0 Å². The first-order valence-corrected chi connectivity index (χ1v) is 1.13. The molecule has 0 atom stereocenters. The molecule has 0 rings (SSSR count). The van der Waals surface area contributed by atoms with Crippen LogP contribution < -0.4 is 0 Å². The highest BCUT2D eigenvalue weighted by Gasteiger charge is 1.98. The van der Waals surface area contributed by atoms with Crippen molar-refractivity contribution < 1.29 is 18.8 Å². The maximum Gasteiger partial charge on any atom is 0.371 e. The third-order valence-corrected chi connectivity index (χ3v) is 0.194. The van der Waals surface area contributed by atoms with E-state index in [0.29, 0.717) is 0 Å². The average Bonchev–Trinajstić information content (AvgIpc) is 1.62. The first kappa shape index (κ1) is 1.73. The zero-order valence-corrected chi connectivity index (χ0v) is 2.76. The van der Waals surface area contributed by atoms with Gasteiger partial charge in [-0.25, -0.2) is 4.79 Å². The number of ketones is 1. The van der Waals surface area contributed by atoms with Gasteiger partial charge in [0.05, 0.1) is 0 Å². The number of carboxylic acids is 1. The maximum atomic E-state index is 10.0. The lowest BCUT2D eigenvalue weighted by Gasteiger charge is -1.73. The van der Waals surface area contributed by atoms with Crippen LogP contribution in [0.15, 0.2) is 0 Å². The van der Waals surface area contributed by atoms with Gasteiger partial charge in [-0.05, 0) is 0 Å². The topological polar surface area (TPSA) is 54.4 Å². The molecule has 0 aliphatic rings. The third kappa shape index (κ3) is 1.46. The van der Waals surface area contributed by atoms with Gasteiger partial charge in [0, 0.05) is 11.0 Å². The number of carbonyl (C=O) groups is 2. The highest BCUT2D eigenvalue weighted by atomic mass is 16.5. The Morgan fingerprint density at radius 1 is 1.83 bits per heavy atom. The van der Waals surface area contributed by atoms with E-state index in [-0.39, 0.29) is 0 Å². The Hall–Kier alpha value is -0.860. The quantitative estimate of drug-likeness (QED) is 0.357. The Balaban J connectivity index is 4.23. The number of hydrogen-bond acceptors (Lipinski definition) is 2. The number of carbonyl (C=O) groups excluding carboxylic acids is 1. The lowest BCUT2D eigenvalue weighted by atomic mass is 11.4. The Bertz CT molecular complexity index is 147. The summed E-state index contributed by atoms with van der Waals surface area (Å²) >= 11 is 0. The predicted molar refractivity (Wildman–Crippen MR) is 18.3 cm³/mol. The zero-order chi connectivity index (χ0) is 7.65. The first-order valence-electron chi connectivity index (χ1n) is 2.63. The smallest absolute Gasteiger partial charge is 0.371 e. The summed E-state index contributed by atoms with van der Waals surface area (Å²) in [5.41, 5.74) is 0. The van der Waals surface area contributed by atoms with Crippen molar-refractivity contribution in [2.24, 2.45) is 0 Å². The second-order valence-electron chi connectivity index (χ2n) is 0.634. The number of aliphatic carboxylic acids is 1. The second-order valence-corrected chi connectivity index (χ2v) is 0.634. The van der Waals surface area contributed by atoms with E-state index < -0.39 is 18.6 Å². The molecule has 0 fully saturated rings. The SMILES string of the molecule is [2H][13C]([2H])([2H])[13C](=O)[13C](=O)O. The van der Waals surface area contributed by atoms with Crippen LogP contribution >= 0.6 is 0 Å². The van der Waals surface area contributed by atoms with Gasteiger partial charge in [-0.3, -0.25) is 4.79 Å². The van der Waals surface area contributed by atoms with E-state index in [4.69, 9.17) is 9.22 Å². The van der Waals surface area contributed by atoms with Gasteiger partial charge >= 0.3 is 5.97 Å². The van der Waals surface area contributed by atoms with Crippen LogP contribution in [0.4, 0.5) is 0 Å². The van der Waals surface area contributed by atoms with E-state index in [9.17, 15) is 9.59 Å². The van der Waals surface area contributed by atoms with Crippen LogP contribution in [-0.4, -0.2) is 16.9 Å². The molecule has 0 aromatic carbocycles. The number of rotatable bonds is 1. The molecule has 0 heterocycles. The van der Waals surface area contributed by atoms with Crippen LogP contribution in [0.25, 0.3) is 0 Å². The van der Waals surface area contributed by atoms with Crippen molar-refractivity contribution in [1.82, 2.24) is 0 Å². The molecule has 34 valence electrons. The molecule has 0 aliphatic heterocycles. The summed E-state index contributed by atoms with van der Waals surface area (Å²) < 4.78 is 18.8. The normalized spacial score (nSPS) is 17.0. The molecule has 0 aromatic heterocycles. The summed E-state index contributed by atoms with van der Waals surface area (Å²) in [6, 6.07) is 0. The van der Waals surface area contributed by atoms with E-state index in [1.807, 2.05) is 0 Å². The Kier molecular flexibility index (Phi) is 0.445. The predicted octanol–water partition coefficient (Wildman–Crippen LogP) is -0.340. The summed E-state index contributed by atoms with van der Waals surface area (Å²) in [5.74, 6) is -3.67. The van der Waals surface area contributed by atoms with Crippen LogP contribution in [0.1, 0.15) is 11.0 Å². The van der Waals surface area contributed by atoms with Crippen LogP contribution in [0, 0.1) is 0 Å². The standard InChI is InChI=1S/C3H4O3/c1-2(4)3(5)6/h1H3,(H,5,6)/i1+1D3,2+1,3+1. The minimum absolute atomic E-state index is 1.75. The van der Waals surface area contributed by atoms with Gasteiger partial charge in [0.25, 0.3) is 0 Å². The van der Waals surface area contributed by atoms with Crippen LogP contribution in [0.5, 0.6) is 0 Å². The van der Waals surface area contributed by atoms with Crippen LogP contribution in [-0.2, 0) is 9.59 Å². The molecule has 0 saturated heterocycles. The van der Waals surface area contributed by atoms with Crippen molar-refractivity contribution >= 4 is 11.8 Å². The van der Waals surface area contributed by atoms with E-state index in [1.165, 1.54) is 0 Å². The molecule has 0 radical (unpaired) electrons. The highest BCUT2D eigenvalue weighted by Crippen LogP contribution is 1.61. The van der Waals surface area contributed by atoms with Gasteiger partial charge in [0.15, 0.2) is 0 Å². The molecule has 0 saturated carbocycles. The minimum Gasteiger partial charge on any atom is -0.476 e. The van der Waals surface area contributed by atoms with E-state index in [2.05, 4.69) is 0 Å². The summed E-state index contributed by atoms with van der Waals surface area (Å²) in [4.78, 5) is 19.6. The lowest BCUT2D eigenvalue weighted by Crippen LogP contribution is -2.05. The molecule has 6 heavy (non-hydrogen) atoms. The fourth-order valence-electron chi connectivity index (χ4n) is 0. The van der Waals surface area contributed by atoms with Crippen molar-refractivity contribution in [1.29, 1.82) is 0 Å². The fourth-order valence-corrected chi connectivity index (χ4v) is 0. The molecular formula is C3H4O3. The fraction of sp³-hybridized carbons (Fsp3) is 0.333. The zero-order valence-electron chi connectivity index (χ0n) is 5.76. The van der Waals surface area contributed by atoms with Crippen molar-refractivity contribution in [2.75, 3.05) is 0 Å². The van der Waals surface area contributed by atoms with E-state index in [1.54, 1.807) is 0 Å². The maximum absolute atomic E-state index is 10.0. The molecule has 1 N–H and O–H groups in total.